The second kappa shape index (κ2) is 5.70. The van der Waals surface area contributed by atoms with Gasteiger partial charge in [0.25, 0.3) is 0 Å². The van der Waals surface area contributed by atoms with E-state index in [0.717, 1.165) is 35.5 Å². The lowest BCUT2D eigenvalue weighted by molar-refractivity contribution is -0.119. The number of anilines is 1. The van der Waals surface area contributed by atoms with Crippen LogP contribution in [-0.4, -0.2) is 19.5 Å². The van der Waals surface area contributed by atoms with E-state index in [4.69, 9.17) is 0 Å². The molecule has 3 atom stereocenters. The number of fused-ring (bicyclic) bond motifs is 2. The van der Waals surface area contributed by atoms with Gasteiger partial charge in [-0.15, -0.1) is 0 Å². The molecule has 3 rings (SSSR count). The summed E-state index contributed by atoms with van der Waals surface area (Å²) in [6, 6.07) is 8.11. The third-order valence-corrected chi connectivity index (χ3v) is 4.62. The maximum atomic E-state index is 11.6. The van der Waals surface area contributed by atoms with Crippen molar-refractivity contribution in [2.75, 3.05) is 18.9 Å². The number of nitrogens with one attached hydrogen (secondary N) is 2. The molecule has 1 aromatic rings. The van der Waals surface area contributed by atoms with Gasteiger partial charge < -0.3 is 10.6 Å². The van der Waals surface area contributed by atoms with Gasteiger partial charge in [-0.05, 0) is 42.2 Å². The van der Waals surface area contributed by atoms with Crippen molar-refractivity contribution >= 4 is 11.6 Å². The third-order valence-electron chi connectivity index (χ3n) is 4.62. The number of amides is 1. The van der Waals surface area contributed by atoms with Gasteiger partial charge in [0.2, 0.25) is 5.91 Å². The second-order valence-corrected chi connectivity index (χ2v) is 5.93. The van der Waals surface area contributed by atoms with Crippen LogP contribution in [0.5, 0.6) is 0 Å². The quantitative estimate of drug-likeness (QED) is 0.808. The van der Waals surface area contributed by atoms with E-state index in [1.54, 1.807) is 7.05 Å². The first-order chi connectivity index (χ1) is 9.76. The molecule has 0 heterocycles. The summed E-state index contributed by atoms with van der Waals surface area (Å²) in [4.78, 5) is 11.6. The minimum Gasteiger partial charge on any atom is -0.385 e. The molecular weight excluding hydrogens is 248 g/mol. The van der Waals surface area contributed by atoms with Crippen LogP contribution in [0.15, 0.2) is 36.4 Å². The number of hydrogen-bond acceptors (Lipinski definition) is 2. The van der Waals surface area contributed by atoms with Crippen molar-refractivity contribution in [2.45, 2.75) is 19.3 Å². The molecule has 0 spiro atoms. The molecule has 1 amide bonds. The molecule has 1 fully saturated rings. The first kappa shape index (κ1) is 13.2. The van der Waals surface area contributed by atoms with Crippen LogP contribution >= 0.6 is 0 Å². The number of allylic oxidation sites excluding steroid dienone is 2. The molecule has 3 nitrogen and oxygen atoms in total. The maximum Gasteiger partial charge on any atom is 0.224 e. The standard InChI is InChI=1S/C17H22N2O/c1-18-17(20)10-14-4-2-3-5-16(14)19-11-15-9-12-6-7-13(15)8-12/h2-7,12-13,15,19H,8-11H2,1H3,(H,18,20). The zero-order valence-corrected chi connectivity index (χ0v) is 11.9. The average molecular weight is 270 g/mol. The Bertz CT molecular complexity index is 523. The smallest absolute Gasteiger partial charge is 0.224 e. The lowest BCUT2D eigenvalue weighted by Crippen LogP contribution is -2.22. The molecular formula is C17H22N2O. The molecule has 106 valence electrons. The van der Waals surface area contributed by atoms with Crippen LogP contribution in [0.25, 0.3) is 0 Å². The van der Waals surface area contributed by atoms with Gasteiger partial charge in [-0.1, -0.05) is 30.4 Å². The van der Waals surface area contributed by atoms with E-state index in [-0.39, 0.29) is 5.91 Å². The van der Waals surface area contributed by atoms with Gasteiger partial charge in [0.05, 0.1) is 6.42 Å². The van der Waals surface area contributed by atoms with Gasteiger partial charge in [0.1, 0.15) is 0 Å². The van der Waals surface area contributed by atoms with Gasteiger partial charge in [0.15, 0.2) is 0 Å². The van der Waals surface area contributed by atoms with Crippen LogP contribution in [-0.2, 0) is 11.2 Å². The molecule has 0 aliphatic heterocycles. The number of hydrogen-bond donors (Lipinski definition) is 2. The minimum atomic E-state index is 0.0575. The van der Waals surface area contributed by atoms with E-state index in [1.807, 2.05) is 18.2 Å². The first-order valence-electron chi connectivity index (χ1n) is 7.47. The molecule has 0 saturated heterocycles. The predicted molar refractivity (Wildman–Crippen MR) is 81.5 cm³/mol. The van der Waals surface area contributed by atoms with Crippen LogP contribution < -0.4 is 10.6 Å². The Hall–Kier alpha value is -1.77. The number of likely N-dealkylation sites (N-methyl/N-ethyl adjacent to an activating group) is 1. The second-order valence-electron chi connectivity index (χ2n) is 5.93. The summed E-state index contributed by atoms with van der Waals surface area (Å²) in [6.45, 7) is 1.01. The number of benzene rings is 1. The maximum absolute atomic E-state index is 11.6. The van der Waals surface area contributed by atoms with E-state index < -0.39 is 0 Å². The van der Waals surface area contributed by atoms with Crippen molar-refractivity contribution in [2.24, 2.45) is 17.8 Å². The van der Waals surface area contributed by atoms with Gasteiger partial charge in [-0.3, -0.25) is 4.79 Å². The van der Waals surface area contributed by atoms with Crippen molar-refractivity contribution < 1.29 is 4.79 Å². The molecule has 0 aromatic heterocycles. The summed E-state index contributed by atoms with van der Waals surface area (Å²) in [5.41, 5.74) is 2.17. The van der Waals surface area contributed by atoms with Gasteiger partial charge in [-0.2, -0.15) is 0 Å². The minimum absolute atomic E-state index is 0.0575. The fourth-order valence-electron chi connectivity index (χ4n) is 3.48. The molecule has 3 unspecified atom stereocenters. The number of carbonyl (C=O) groups excluding carboxylic acids is 1. The zero-order chi connectivity index (χ0) is 13.9. The molecule has 20 heavy (non-hydrogen) atoms. The zero-order valence-electron chi connectivity index (χ0n) is 11.9. The molecule has 2 aliphatic carbocycles. The van der Waals surface area contributed by atoms with E-state index in [2.05, 4.69) is 28.9 Å². The van der Waals surface area contributed by atoms with Crippen molar-refractivity contribution in [1.82, 2.24) is 5.32 Å². The van der Waals surface area contributed by atoms with E-state index in [1.165, 1.54) is 12.8 Å². The fraction of sp³-hybridized carbons (Fsp3) is 0.471. The molecule has 0 radical (unpaired) electrons. The normalized spacial score (nSPS) is 26.8. The van der Waals surface area contributed by atoms with Crippen LogP contribution in [0.1, 0.15) is 18.4 Å². The third kappa shape index (κ3) is 2.72. The molecule has 2 bridgehead atoms. The summed E-state index contributed by atoms with van der Waals surface area (Å²) in [6.07, 6.45) is 7.85. The lowest BCUT2D eigenvalue weighted by atomic mass is 9.93. The van der Waals surface area contributed by atoms with Gasteiger partial charge in [-0.25, -0.2) is 0 Å². The van der Waals surface area contributed by atoms with E-state index >= 15 is 0 Å². The lowest BCUT2D eigenvalue weighted by Gasteiger charge is -2.20. The Labute approximate surface area is 120 Å². The molecule has 1 aromatic carbocycles. The Kier molecular flexibility index (Phi) is 3.77. The highest BCUT2D eigenvalue weighted by Gasteiger charge is 2.35. The summed E-state index contributed by atoms with van der Waals surface area (Å²) in [5.74, 6) is 2.38. The van der Waals surface area contributed by atoms with E-state index in [9.17, 15) is 4.79 Å². The highest BCUT2D eigenvalue weighted by atomic mass is 16.1. The highest BCUT2D eigenvalue weighted by molar-refractivity contribution is 5.80. The summed E-state index contributed by atoms with van der Waals surface area (Å²) in [7, 11) is 1.68. The average Bonchev–Trinajstić information content (AvgIpc) is 3.08. The monoisotopic (exact) mass is 270 g/mol. The summed E-state index contributed by atoms with van der Waals surface area (Å²) < 4.78 is 0. The topological polar surface area (TPSA) is 41.1 Å². The van der Waals surface area contributed by atoms with Crippen LogP contribution in [0, 0.1) is 17.8 Å². The molecule has 2 N–H and O–H groups in total. The Morgan fingerprint density at radius 3 is 2.80 bits per heavy atom. The van der Waals surface area contributed by atoms with Gasteiger partial charge >= 0.3 is 0 Å². The van der Waals surface area contributed by atoms with Crippen molar-refractivity contribution in [3.63, 3.8) is 0 Å². The summed E-state index contributed by atoms with van der Waals surface area (Å²) in [5, 5.41) is 6.24. The highest BCUT2D eigenvalue weighted by Crippen LogP contribution is 2.43. The Balaban J connectivity index is 1.62. The van der Waals surface area contributed by atoms with Gasteiger partial charge in [0, 0.05) is 19.3 Å². The van der Waals surface area contributed by atoms with Crippen LogP contribution in [0.2, 0.25) is 0 Å². The van der Waals surface area contributed by atoms with Crippen LogP contribution in [0.3, 0.4) is 0 Å². The fourth-order valence-corrected chi connectivity index (χ4v) is 3.48. The number of carbonyl (C=O) groups is 1. The Morgan fingerprint density at radius 1 is 1.25 bits per heavy atom. The largest absolute Gasteiger partial charge is 0.385 e. The van der Waals surface area contributed by atoms with Crippen LogP contribution in [0.4, 0.5) is 5.69 Å². The first-order valence-corrected chi connectivity index (χ1v) is 7.47. The molecule has 3 heteroatoms. The van der Waals surface area contributed by atoms with Crippen molar-refractivity contribution in [3.05, 3.63) is 42.0 Å². The predicted octanol–water partition coefficient (Wildman–Crippen LogP) is 2.60. The van der Waals surface area contributed by atoms with Crippen molar-refractivity contribution in [1.29, 1.82) is 0 Å². The van der Waals surface area contributed by atoms with Crippen molar-refractivity contribution in [3.8, 4) is 0 Å². The molecule has 2 aliphatic rings. The Morgan fingerprint density at radius 2 is 2.10 bits per heavy atom. The molecule has 1 saturated carbocycles. The number of para-hydroxylation sites is 1. The SMILES string of the molecule is CNC(=O)Cc1ccccc1NCC1CC2C=CC1C2. The number of rotatable bonds is 5. The summed E-state index contributed by atoms with van der Waals surface area (Å²) >= 11 is 0. The van der Waals surface area contributed by atoms with E-state index in [0.29, 0.717) is 6.42 Å².